The van der Waals surface area contributed by atoms with Crippen LogP contribution in [0, 0.1) is 23.2 Å². The molecule has 5 atom stereocenters. The Morgan fingerprint density at radius 3 is 2.57 bits per heavy atom. The summed E-state index contributed by atoms with van der Waals surface area (Å²) in [5.41, 5.74) is -0.887. The van der Waals surface area contributed by atoms with E-state index in [1.807, 2.05) is 31.2 Å². The fourth-order valence-electron chi connectivity index (χ4n) is 5.92. The van der Waals surface area contributed by atoms with Crippen molar-refractivity contribution >= 4 is 28.3 Å². The fourth-order valence-corrected chi connectivity index (χ4v) is 5.92. The van der Waals surface area contributed by atoms with Gasteiger partial charge < -0.3 is 14.6 Å². The number of aliphatic hydroxyl groups is 1. The van der Waals surface area contributed by atoms with Crippen LogP contribution in [-0.2, 0) is 19.1 Å². The molecular weight excluding hydrogens is 384 g/mol. The molecule has 0 aliphatic carbocycles. The number of fused-ring (bicyclic) bond motifs is 6. The molecule has 0 saturated carbocycles. The fraction of sp³-hybridized carbons (Fsp3) is 0.435. The molecule has 3 saturated heterocycles. The van der Waals surface area contributed by atoms with Gasteiger partial charge in [0.15, 0.2) is 0 Å². The number of imide groups is 1. The maximum atomic E-state index is 13.6. The van der Waals surface area contributed by atoms with Crippen molar-refractivity contribution in [2.24, 2.45) is 11.8 Å². The van der Waals surface area contributed by atoms with E-state index < -0.39 is 23.0 Å². The molecule has 3 heterocycles. The lowest BCUT2D eigenvalue weighted by atomic mass is 9.66. The van der Waals surface area contributed by atoms with E-state index in [2.05, 4.69) is 6.07 Å². The number of rotatable bonds is 4. The minimum Gasteiger partial charge on any atom is -0.396 e. The second-order valence-corrected chi connectivity index (χ2v) is 8.51. The predicted molar refractivity (Wildman–Crippen MR) is 107 cm³/mol. The van der Waals surface area contributed by atoms with Gasteiger partial charge in [-0.05, 0) is 19.1 Å². The Bertz CT molecular complexity index is 1110. The highest BCUT2D eigenvalue weighted by atomic mass is 16.6. The number of anilines is 1. The summed E-state index contributed by atoms with van der Waals surface area (Å²) in [6, 6.07) is 12.7. The zero-order chi connectivity index (χ0) is 21.3. The van der Waals surface area contributed by atoms with Gasteiger partial charge in [-0.25, -0.2) is 4.90 Å². The van der Waals surface area contributed by atoms with E-state index in [0.29, 0.717) is 28.4 Å². The number of methoxy groups -OCH3 is 1. The van der Waals surface area contributed by atoms with Gasteiger partial charge in [-0.3, -0.25) is 9.59 Å². The highest BCUT2D eigenvalue weighted by Gasteiger charge is 2.77. The van der Waals surface area contributed by atoms with Crippen molar-refractivity contribution in [2.75, 3.05) is 18.6 Å². The van der Waals surface area contributed by atoms with Crippen molar-refractivity contribution in [2.45, 2.75) is 37.1 Å². The molecule has 3 aliphatic heterocycles. The first-order chi connectivity index (χ1) is 14.4. The van der Waals surface area contributed by atoms with Crippen LogP contribution in [0.25, 0.3) is 10.8 Å². The standard InChI is InChI=1S/C23H22N2O5/c1-22-17(29-2)11-23(30-22,9-10-26)19-18(22)20(27)25(21(19)28)16-8-7-13(12-24)14-5-3-4-6-15(14)16/h3-8,17-19,26H,9-11H2,1-2H3. The molecule has 5 unspecified atom stereocenters. The maximum absolute atomic E-state index is 13.6. The lowest BCUT2D eigenvalue weighted by Gasteiger charge is -2.35. The molecule has 7 heteroatoms. The molecule has 154 valence electrons. The summed E-state index contributed by atoms with van der Waals surface area (Å²) in [4.78, 5) is 28.5. The highest BCUT2D eigenvalue weighted by Crippen LogP contribution is 2.63. The summed E-state index contributed by atoms with van der Waals surface area (Å²) in [6.07, 6.45) is 0.396. The van der Waals surface area contributed by atoms with Crippen LogP contribution in [0.15, 0.2) is 36.4 Å². The zero-order valence-electron chi connectivity index (χ0n) is 16.8. The first kappa shape index (κ1) is 19.2. The van der Waals surface area contributed by atoms with Crippen molar-refractivity contribution in [1.82, 2.24) is 0 Å². The Balaban J connectivity index is 1.67. The van der Waals surface area contributed by atoms with Crippen LogP contribution in [0.2, 0.25) is 0 Å². The second-order valence-electron chi connectivity index (χ2n) is 8.51. The van der Waals surface area contributed by atoms with Crippen molar-refractivity contribution in [3.63, 3.8) is 0 Å². The Morgan fingerprint density at radius 2 is 1.90 bits per heavy atom. The smallest absolute Gasteiger partial charge is 0.240 e. The number of carbonyl (C=O) groups excluding carboxylic acids is 2. The average Bonchev–Trinajstić information content (AvgIpc) is 3.29. The molecule has 1 N–H and O–H groups in total. The van der Waals surface area contributed by atoms with Crippen molar-refractivity contribution in [3.8, 4) is 6.07 Å². The molecule has 5 rings (SSSR count). The topological polar surface area (TPSA) is 99.9 Å². The predicted octanol–water partition coefficient (Wildman–Crippen LogP) is 2.15. The number of benzene rings is 2. The number of carbonyl (C=O) groups is 2. The van der Waals surface area contributed by atoms with E-state index >= 15 is 0 Å². The van der Waals surface area contributed by atoms with Gasteiger partial charge in [0.25, 0.3) is 0 Å². The van der Waals surface area contributed by atoms with Gasteiger partial charge in [0.2, 0.25) is 11.8 Å². The van der Waals surface area contributed by atoms with E-state index in [-0.39, 0.29) is 30.9 Å². The summed E-state index contributed by atoms with van der Waals surface area (Å²) in [6.45, 7) is 1.69. The molecular formula is C23H22N2O5. The molecule has 2 aromatic rings. The molecule has 7 nitrogen and oxygen atoms in total. The number of aliphatic hydroxyl groups excluding tert-OH is 1. The molecule has 3 fully saturated rings. The van der Waals surface area contributed by atoms with Gasteiger partial charge in [0, 0.05) is 37.3 Å². The minimum atomic E-state index is -0.932. The number of hydrogen-bond donors (Lipinski definition) is 1. The van der Waals surface area contributed by atoms with Crippen LogP contribution in [0.1, 0.15) is 25.3 Å². The number of hydrogen-bond acceptors (Lipinski definition) is 6. The van der Waals surface area contributed by atoms with E-state index in [4.69, 9.17) is 9.47 Å². The van der Waals surface area contributed by atoms with Gasteiger partial charge >= 0.3 is 0 Å². The lowest BCUT2D eigenvalue weighted by molar-refractivity contribution is -0.135. The van der Waals surface area contributed by atoms with Crippen molar-refractivity contribution in [3.05, 3.63) is 42.0 Å². The normalized spacial score (nSPS) is 34.6. The van der Waals surface area contributed by atoms with Gasteiger partial charge in [-0.1, -0.05) is 24.3 Å². The molecule has 0 aromatic heterocycles. The van der Waals surface area contributed by atoms with E-state index in [9.17, 15) is 20.0 Å². The largest absolute Gasteiger partial charge is 0.396 e. The van der Waals surface area contributed by atoms with Crippen LogP contribution in [-0.4, -0.2) is 47.9 Å². The van der Waals surface area contributed by atoms with Crippen LogP contribution in [0.5, 0.6) is 0 Å². The van der Waals surface area contributed by atoms with Gasteiger partial charge in [0.1, 0.15) is 5.60 Å². The average molecular weight is 406 g/mol. The van der Waals surface area contributed by atoms with E-state index in [1.165, 1.54) is 4.90 Å². The number of amides is 2. The number of nitrogens with zero attached hydrogens (tertiary/aromatic N) is 2. The van der Waals surface area contributed by atoms with Gasteiger partial charge in [-0.2, -0.15) is 5.26 Å². The summed E-state index contributed by atoms with van der Waals surface area (Å²) < 4.78 is 11.9. The molecule has 2 bridgehead atoms. The number of ether oxygens (including phenoxy) is 2. The minimum absolute atomic E-state index is 0.142. The van der Waals surface area contributed by atoms with Gasteiger partial charge in [-0.15, -0.1) is 0 Å². The van der Waals surface area contributed by atoms with Crippen LogP contribution < -0.4 is 4.90 Å². The van der Waals surface area contributed by atoms with Crippen LogP contribution >= 0.6 is 0 Å². The SMILES string of the molecule is COC1CC2(CCO)OC1(C)C1C(=O)N(c3ccc(C#N)c4ccccc34)C(=O)C12. The van der Waals surface area contributed by atoms with Gasteiger partial charge in [0.05, 0.1) is 40.9 Å². The second kappa shape index (κ2) is 6.35. The maximum Gasteiger partial charge on any atom is 0.240 e. The van der Waals surface area contributed by atoms with Crippen molar-refractivity contribution < 1.29 is 24.2 Å². The Morgan fingerprint density at radius 1 is 1.20 bits per heavy atom. The van der Waals surface area contributed by atoms with Crippen LogP contribution in [0.4, 0.5) is 5.69 Å². The lowest BCUT2D eigenvalue weighted by Crippen LogP contribution is -2.50. The zero-order valence-corrected chi connectivity index (χ0v) is 16.8. The summed E-state index contributed by atoms with van der Waals surface area (Å²) in [5.74, 6) is -1.97. The Hall–Kier alpha value is -2.79. The molecule has 0 radical (unpaired) electrons. The molecule has 0 spiro atoms. The number of nitriles is 1. The van der Waals surface area contributed by atoms with Crippen molar-refractivity contribution in [1.29, 1.82) is 5.26 Å². The first-order valence-corrected chi connectivity index (χ1v) is 10.1. The highest BCUT2D eigenvalue weighted by molar-refractivity contribution is 6.26. The van der Waals surface area contributed by atoms with E-state index in [1.54, 1.807) is 19.2 Å². The third-order valence-corrected chi connectivity index (χ3v) is 7.17. The molecule has 2 amide bonds. The van der Waals surface area contributed by atoms with E-state index in [0.717, 1.165) is 0 Å². The molecule has 3 aliphatic rings. The molecule has 2 aromatic carbocycles. The quantitative estimate of drug-likeness (QED) is 0.781. The Kier molecular flexibility index (Phi) is 4.06. The summed E-state index contributed by atoms with van der Waals surface area (Å²) >= 11 is 0. The first-order valence-electron chi connectivity index (χ1n) is 10.1. The van der Waals surface area contributed by atoms with Crippen LogP contribution in [0.3, 0.4) is 0 Å². The summed E-state index contributed by atoms with van der Waals surface area (Å²) in [5, 5.41) is 20.5. The third-order valence-electron chi connectivity index (χ3n) is 7.17. The monoisotopic (exact) mass is 406 g/mol. The third kappa shape index (κ3) is 2.19. The molecule has 30 heavy (non-hydrogen) atoms. The Labute approximate surface area is 173 Å². The summed E-state index contributed by atoms with van der Waals surface area (Å²) in [7, 11) is 1.58.